The van der Waals surface area contributed by atoms with Gasteiger partial charge in [0.15, 0.2) is 0 Å². The quantitative estimate of drug-likeness (QED) is 0.766. The lowest BCUT2D eigenvalue weighted by molar-refractivity contribution is -0.140. The molecule has 0 bridgehead atoms. The molecular weight excluding hydrogens is 407 g/mol. The van der Waals surface area contributed by atoms with Gasteiger partial charge in [-0.3, -0.25) is 19.5 Å². The first-order valence-corrected chi connectivity index (χ1v) is 11.5. The highest BCUT2D eigenvalue weighted by molar-refractivity contribution is 6.04. The minimum atomic E-state index is -0.379. The second kappa shape index (κ2) is 9.77. The van der Waals surface area contributed by atoms with E-state index in [-0.39, 0.29) is 23.7 Å². The lowest BCUT2D eigenvalue weighted by atomic mass is 10.0. The van der Waals surface area contributed by atoms with Gasteiger partial charge < -0.3 is 10.2 Å². The number of nitrogens with zero attached hydrogens (tertiary/aromatic N) is 3. The van der Waals surface area contributed by atoms with Gasteiger partial charge in [0.05, 0.1) is 5.56 Å². The average Bonchev–Trinajstić information content (AvgIpc) is 3.32. The minimum absolute atomic E-state index is 0.135. The van der Waals surface area contributed by atoms with Gasteiger partial charge in [-0.05, 0) is 62.1 Å². The van der Waals surface area contributed by atoms with E-state index in [9.17, 15) is 14.0 Å². The number of amides is 2. The number of hydrogen-bond donors (Lipinski definition) is 1. The molecule has 1 N–H and O–H groups in total. The van der Waals surface area contributed by atoms with Gasteiger partial charge in [0.25, 0.3) is 5.91 Å². The van der Waals surface area contributed by atoms with Crippen molar-refractivity contribution in [3.8, 4) is 0 Å². The fraction of sp³-hybridized carbons (Fsp3) is 0.480. The van der Waals surface area contributed by atoms with Crippen molar-refractivity contribution in [1.82, 2.24) is 14.8 Å². The van der Waals surface area contributed by atoms with Crippen molar-refractivity contribution in [2.75, 3.05) is 25.0 Å². The van der Waals surface area contributed by atoms with Crippen LogP contribution in [0.1, 0.15) is 54.1 Å². The molecule has 1 aliphatic carbocycles. The topological polar surface area (TPSA) is 65.5 Å². The largest absolute Gasteiger partial charge is 0.337 e. The molecular formula is C25H31FN4O2. The summed E-state index contributed by atoms with van der Waals surface area (Å²) in [6.07, 6.45) is 7.43. The maximum absolute atomic E-state index is 14.4. The third kappa shape index (κ3) is 4.99. The Morgan fingerprint density at radius 2 is 2.00 bits per heavy atom. The Kier molecular flexibility index (Phi) is 6.84. The second-order valence-electron chi connectivity index (χ2n) is 9.03. The van der Waals surface area contributed by atoms with Gasteiger partial charge in [0, 0.05) is 56.2 Å². The van der Waals surface area contributed by atoms with Crippen LogP contribution in [0.2, 0.25) is 0 Å². The summed E-state index contributed by atoms with van der Waals surface area (Å²) in [5, 5.41) is 2.82. The molecule has 1 aliphatic heterocycles. The Morgan fingerprint density at radius 3 is 2.69 bits per heavy atom. The number of piperazine rings is 1. The fourth-order valence-corrected chi connectivity index (χ4v) is 4.87. The Morgan fingerprint density at radius 1 is 1.22 bits per heavy atom. The highest BCUT2D eigenvalue weighted by Crippen LogP contribution is 2.29. The summed E-state index contributed by atoms with van der Waals surface area (Å²) in [5.74, 6) is -0.196. The van der Waals surface area contributed by atoms with Crippen LogP contribution in [-0.2, 0) is 11.3 Å². The molecule has 1 aromatic carbocycles. The maximum atomic E-state index is 14.4. The molecule has 1 saturated carbocycles. The van der Waals surface area contributed by atoms with E-state index in [1.807, 2.05) is 11.8 Å². The zero-order chi connectivity index (χ0) is 22.7. The van der Waals surface area contributed by atoms with E-state index < -0.39 is 0 Å². The molecule has 1 saturated heterocycles. The Bertz CT molecular complexity index is 975. The molecule has 4 rings (SSSR count). The van der Waals surface area contributed by atoms with Crippen molar-refractivity contribution < 1.29 is 14.0 Å². The van der Waals surface area contributed by atoms with E-state index in [4.69, 9.17) is 0 Å². The van der Waals surface area contributed by atoms with Crippen LogP contribution in [0.15, 0.2) is 36.7 Å². The third-order valence-corrected chi connectivity index (χ3v) is 6.75. The summed E-state index contributed by atoms with van der Waals surface area (Å²) < 4.78 is 14.4. The van der Waals surface area contributed by atoms with Crippen molar-refractivity contribution in [3.63, 3.8) is 0 Å². The molecule has 6 nitrogen and oxygen atoms in total. The van der Waals surface area contributed by atoms with Gasteiger partial charge >= 0.3 is 0 Å². The molecule has 7 heteroatoms. The van der Waals surface area contributed by atoms with E-state index in [0.717, 1.165) is 49.9 Å². The Hall–Kier alpha value is -2.80. The first kappa shape index (κ1) is 22.4. The van der Waals surface area contributed by atoms with Crippen LogP contribution in [-0.4, -0.2) is 52.3 Å². The normalized spacial score (nSPS) is 19.8. The number of anilines is 1. The number of halogens is 1. The Balaban J connectivity index is 1.42. The van der Waals surface area contributed by atoms with E-state index in [1.165, 1.54) is 18.3 Å². The van der Waals surface area contributed by atoms with E-state index in [2.05, 4.69) is 22.1 Å². The monoisotopic (exact) mass is 438 g/mol. The van der Waals surface area contributed by atoms with Gasteiger partial charge in [0.2, 0.25) is 5.91 Å². The summed E-state index contributed by atoms with van der Waals surface area (Å²) in [4.78, 5) is 33.6. The number of carbonyl (C=O) groups excluding carboxylic acids is 2. The van der Waals surface area contributed by atoms with E-state index >= 15 is 0 Å². The molecule has 0 spiro atoms. The minimum Gasteiger partial charge on any atom is -0.337 e. The summed E-state index contributed by atoms with van der Waals surface area (Å²) in [6.45, 7) is 6.79. The molecule has 1 unspecified atom stereocenters. The average molecular weight is 439 g/mol. The van der Waals surface area contributed by atoms with Crippen molar-refractivity contribution in [3.05, 3.63) is 59.2 Å². The van der Waals surface area contributed by atoms with Crippen molar-refractivity contribution >= 4 is 17.5 Å². The lowest BCUT2D eigenvalue weighted by Gasteiger charge is -2.41. The third-order valence-electron chi connectivity index (χ3n) is 6.75. The van der Waals surface area contributed by atoms with E-state index in [1.54, 1.807) is 18.3 Å². The zero-order valence-corrected chi connectivity index (χ0v) is 18.8. The number of carbonyl (C=O) groups is 2. The number of benzene rings is 1. The number of aromatic nitrogens is 1. The molecule has 2 fully saturated rings. The van der Waals surface area contributed by atoms with Gasteiger partial charge in [-0.1, -0.05) is 12.8 Å². The SMILES string of the molecule is Cc1c(CN2CCN(C(=O)C3CCCC3)C(C)C2)cc(F)cc1NC(=O)c1cccnc1. The summed E-state index contributed by atoms with van der Waals surface area (Å²) in [5.41, 5.74) is 2.58. The van der Waals surface area contributed by atoms with Gasteiger partial charge in [-0.2, -0.15) is 0 Å². The number of hydrogen-bond acceptors (Lipinski definition) is 4. The summed E-state index contributed by atoms with van der Waals surface area (Å²) >= 11 is 0. The molecule has 1 aromatic heterocycles. The van der Waals surface area contributed by atoms with E-state index in [0.29, 0.717) is 30.2 Å². The Labute approximate surface area is 188 Å². The van der Waals surface area contributed by atoms with Crippen LogP contribution >= 0.6 is 0 Å². The first-order chi connectivity index (χ1) is 15.4. The first-order valence-electron chi connectivity index (χ1n) is 11.5. The smallest absolute Gasteiger partial charge is 0.257 e. The summed E-state index contributed by atoms with van der Waals surface area (Å²) in [6, 6.07) is 6.39. The number of pyridine rings is 1. The van der Waals surface area contributed by atoms with Gasteiger partial charge in [0.1, 0.15) is 5.82 Å². The molecule has 2 aliphatic rings. The fourth-order valence-electron chi connectivity index (χ4n) is 4.87. The second-order valence-corrected chi connectivity index (χ2v) is 9.03. The van der Waals surface area contributed by atoms with Crippen LogP contribution in [0.4, 0.5) is 10.1 Å². The maximum Gasteiger partial charge on any atom is 0.257 e. The van der Waals surface area contributed by atoms with Crippen molar-refractivity contribution in [2.45, 2.75) is 52.1 Å². The molecule has 170 valence electrons. The molecule has 2 amide bonds. The van der Waals surface area contributed by atoms with Crippen LogP contribution in [0, 0.1) is 18.7 Å². The molecule has 1 atom stereocenters. The molecule has 32 heavy (non-hydrogen) atoms. The van der Waals surface area contributed by atoms with Gasteiger partial charge in [-0.15, -0.1) is 0 Å². The lowest BCUT2D eigenvalue weighted by Crippen LogP contribution is -2.54. The predicted molar refractivity (Wildman–Crippen MR) is 122 cm³/mol. The van der Waals surface area contributed by atoms with Crippen LogP contribution in [0.3, 0.4) is 0 Å². The zero-order valence-electron chi connectivity index (χ0n) is 18.8. The van der Waals surface area contributed by atoms with Gasteiger partial charge in [-0.25, -0.2) is 4.39 Å². The number of rotatable bonds is 5. The van der Waals surface area contributed by atoms with Crippen molar-refractivity contribution in [1.29, 1.82) is 0 Å². The van der Waals surface area contributed by atoms with Crippen molar-refractivity contribution in [2.24, 2.45) is 5.92 Å². The highest BCUT2D eigenvalue weighted by Gasteiger charge is 2.33. The molecule has 0 radical (unpaired) electrons. The molecule has 2 heterocycles. The van der Waals surface area contributed by atoms with Crippen LogP contribution in [0.5, 0.6) is 0 Å². The summed E-state index contributed by atoms with van der Waals surface area (Å²) in [7, 11) is 0. The standard InChI is InChI=1S/C25H31FN4O2/c1-17-15-29(10-11-30(17)25(32)19-6-3-4-7-19)16-21-12-22(26)13-23(18(21)2)28-24(31)20-8-5-9-27-14-20/h5,8-9,12-14,17,19H,3-4,6-7,10-11,15-16H2,1-2H3,(H,28,31). The highest BCUT2D eigenvalue weighted by atomic mass is 19.1. The predicted octanol–water partition coefficient (Wildman–Crippen LogP) is 4.00. The van der Waals surface area contributed by atoms with Crippen LogP contribution in [0.25, 0.3) is 0 Å². The van der Waals surface area contributed by atoms with Crippen LogP contribution < -0.4 is 5.32 Å². The molecule has 2 aromatic rings. The number of nitrogens with one attached hydrogen (secondary N) is 1.